The van der Waals surface area contributed by atoms with E-state index < -0.39 is 0 Å². The molecule has 1 aromatic rings. The lowest BCUT2D eigenvalue weighted by Gasteiger charge is -2.09. The van der Waals surface area contributed by atoms with E-state index in [9.17, 15) is 4.79 Å². The van der Waals surface area contributed by atoms with E-state index in [1.807, 2.05) is 31.2 Å². The number of benzene rings is 1. The molecule has 3 nitrogen and oxygen atoms in total. The molecule has 0 aliphatic rings. The molecule has 6 heteroatoms. The molecule has 0 spiro atoms. The van der Waals surface area contributed by atoms with Crippen LogP contribution in [0.5, 0.6) is 0 Å². The molecule has 108 valence electrons. The first-order chi connectivity index (χ1) is 8.61. The zero-order valence-electron chi connectivity index (χ0n) is 10.9. The molecule has 1 amide bonds. The summed E-state index contributed by atoms with van der Waals surface area (Å²) >= 11 is 7.47. The summed E-state index contributed by atoms with van der Waals surface area (Å²) in [6, 6.07) is 7.69. The maximum Gasteiger partial charge on any atom is 0.230 e. The number of amides is 1. The van der Waals surface area contributed by atoms with E-state index in [1.54, 1.807) is 11.8 Å². The number of carbonyl (C=O) groups excluding carboxylic acids is 1. The van der Waals surface area contributed by atoms with Crippen LogP contribution in [0.15, 0.2) is 24.3 Å². The molecule has 1 rings (SSSR count). The van der Waals surface area contributed by atoms with Crippen molar-refractivity contribution in [3.05, 3.63) is 34.9 Å². The number of nitrogens with two attached hydrogens (primary N) is 1. The second kappa shape index (κ2) is 10.4. The van der Waals surface area contributed by atoms with Crippen LogP contribution in [0.3, 0.4) is 0 Å². The third kappa shape index (κ3) is 8.37. The van der Waals surface area contributed by atoms with Crippen molar-refractivity contribution in [3.63, 3.8) is 0 Å². The minimum atomic E-state index is 0. The monoisotopic (exact) mass is 322 g/mol. The number of hydrogen-bond donors (Lipinski definition) is 2. The highest BCUT2D eigenvalue weighted by atomic mass is 35.5. The van der Waals surface area contributed by atoms with Gasteiger partial charge in [0.15, 0.2) is 0 Å². The molecule has 0 bridgehead atoms. The second-order valence-electron chi connectivity index (χ2n) is 4.27. The predicted molar refractivity (Wildman–Crippen MR) is 86.1 cm³/mol. The second-order valence-corrected chi connectivity index (χ2v) is 5.69. The van der Waals surface area contributed by atoms with Crippen LogP contribution < -0.4 is 11.1 Å². The number of nitrogens with one attached hydrogen (secondary N) is 1. The summed E-state index contributed by atoms with van der Waals surface area (Å²) in [5.74, 6) is 1.64. The Morgan fingerprint density at radius 1 is 1.53 bits per heavy atom. The fourth-order valence-electron chi connectivity index (χ4n) is 1.31. The average molecular weight is 323 g/mol. The predicted octanol–water partition coefficient (Wildman–Crippen LogP) is 2.71. The minimum absolute atomic E-state index is 0. The molecule has 19 heavy (non-hydrogen) atoms. The van der Waals surface area contributed by atoms with Crippen molar-refractivity contribution in [2.75, 3.05) is 18.8 Å². The van der Waals surface area contributed by atoms with Gasteiger partial charge in [-0.15, -0.1) is 24.2 Å². The Kier molecular flexibility index (Phi) is 10.1. The van der Waals surface area contributed by atoms with Crippen LogP contribution in [0.2, 0.25) is 5.02 Å². The van der Waals surface area contributed by atoms with E-state index in [0.717, 1.165) is 16.3 Å². The maximum atomic E-state index is 11.5. The summed E-state index contributed by atoms with van der Waals surface area (Å²) in [6.45, 7) is 3.25. The quantitative estimate of drug-likeness (QED) is 0.811. The van der Waals surface area contributed by atoms with E-state index in [4.69, 9.17) is 17.3 Å². The molecule has 0 saturated carbocycles. The number of hydrogen-bond acceptors (Lipinski definition) is 3. The Labute approximate surface area is 130 Å². The van der Waals surface area contributed by atoms with Crippen molar-refractivity contribution in [1.82, 2.24) is 5.32 Å². The average Bonchev–Trinajstić information content (AvgIpc) is 2.36. The molecule has 0 aliphatic carbocycles. The summed E-state index contributed by atoms with van der Waals surface area (Å²) in [7, 11) is 0. The summed E-state index contributed by atoms with van der Waals surface area (Å²) in [5, 5.41) is 3.60. The highest BCUT2D eigenvalue weighted by Crippen LogP contribution is 2.16. The van der Waals surface area contributed by atoms with E-state index in [1.165, 1.54) is 0 Å². The first kappa shape index (κ1) is 18.6. The number of thioether (sulfide) groups is 1. The summed E-state index contributed by atoms with van der Waals surface area (Å²) < 4.78 is 0. The highest BCUT2D eigenvalue weighted by Gasteiger charge is 2.04. The Morgan fingerprint density at radius 2 is 2.26 bits per heavy atom. The summed E-state index contributed by atoms with van der Waals surface area (Å²) in [6.07, 6.45) is 0. The molecular formula is C13H20Cl2N2OS. The summed E-state index contributed by atoms with van der Waals surface area (Å²) in [5.41, 5.74) is 6.61. The smallest absolute Gasteiger partial charge is 0.230 e. The van der Waals surface area contributed by atoms with Crippen molar-refractivity contribution in [1.29, 1.82) is 0 Å². The molecule has 1 aromatic carbocycles. The normalized spacial score (nSPS) is 11.5. The van der Waals surface area contributed by atoms with Gasteiger partial charge in [0, 0.05) is 17.3 Å². The third-order valence-electron chi connectivity index (χ3n) is 2.44. The molecule has 0 aromatic heterocycles. The first-order valence-corrected chi connectivity index (χ1v) is 7.44. The molecule has 0 saturated heterocycles. The minimum Gasteiger partial charge on any atom is -0.355 e. The van der Waals surface area contributed by atoms with Gasteiger partial charge in [-0.05, 0) is 30.2 Å². The Morgan fingerprint density at radius 3 is 2.89 bits per heavy atom. The molecule has 0 aliphatic heterocycles. The molecule has 0 radical (unpaired) electrons. The van der Waals surface area contributed by atoms with Gasteiger partial charge in [-0.1, -0.05) is 30.7 Å². The molecule has 1 unspecified atom stereocenters. The van der Waals surface area contributed by atoms with Crippen LogP contribution in [-0.2, 0) is 10.5 Å². The van der Waals surface area contributed by atoms with Gasteiger partial charge in [0.2, 0.25) is 5.91 Å². The molecule has 0 fully saturated rings. The van der Waals surface area contributed by atoms with E-state index in [2.05, 4.69) is 5.32 Å². The first-order valence-electron chi connectivity index (χ1n) is 5.90. The zero-order valence-corrected chi connectivity index (χ0v) is 13.3. The van der Waals surface area contributed by atoms with E-state index in [-0.39, 0.29) is 18.3 Å². The molecular weight excluding hydrogens is 303 g/mol. The van der Waals surface area contributed by atoms with Gasteiger partial charge in [-0.25, -0.2) is 0 Å². The number of rotatable bonds is 7. The van der Waals surface area contributed by atoms with Crippen LogP contribution in [-0.4, -0.2) is 24.7 Å². The lowest BCUT2D eigenvalue weighted by Crippen LogP contribution is -2.32. The van der Waals surface area contributed by atoms with Gasteiger partial charge in [-0.2, -0.15) is 0 Å². The number of halogens is 2. The van der Waals surface area contributed by atoms with E-state index in [0.29, 0.717) is 24.8 Å². The van der Waals surface area contributed by atoms with Crippen molar-refractivity contribution in [3.8, 4) is 0 Å². The molecule has 3 N–H and O–H groups in total. The zero-order chi connectivity index (χ0) is 13.4. The van der Waals surface area contributed by atoms with Crippen molar-refractivity contribution < 1.29 is 4.79 Å². The summed E-state index contributed by atoms with van der Waals surface area (Å²) in [4.78, 5) is 11.5. The van der Waals surface area contributed by atoms with Crippen molar-refractivity contribution in [2.24, 2.45) is 11.7 Å². The van der Waals surface area contributed by atoms with Gasteiger partial charge in [0.25, 0.3) is 0 Å². The lowest BCUT2D eigenvalue weighted by molar-refractivity contribution is -0.118. The Balaban J connectivity index is 0.00000324. The van der Waals surface area contributed by atoms with Crippen LogP contribution >= 0.6 is 35.8 Å². The van der Waals surface area contributed by atoms with Crippen molar-refractivity contribution >= 4 is 41.7 Å². The fraction of sp³-hybridized carbons (Fsp3) is 0.462. The van der Waals surface area contributed by atoms with Crippen LogP contribution in [0.4, 0.5) is 0 Å². The standard InChI is InChI=1S/C13H19ClN2OS.ClH/c1-10(6-15)7-16-13(17)9-18-8-11-3-2-4-12(14)5-11;/h2-5,10H,6-9,15H2,1H3,(H,16,17);1H. The molecule has 0 heterocycles. The molecule has 1 atom stereocenters. The van der Waals surface area contributed by atoms with Crippen LogP contribution in [0, 0.1) is 5.92 Å². The Bertz CT molecular complexity index is 391. The van der Waals surface area contributed by atoms with Gasteiger partial charge in [-0.3, -0.25) is 4.79 Å². The van der Waals surface area contributed by atoms with Crippen LogP contribution in [0.25, 0.3) is 0 Å². The largest absolute Gasteiger partial charge is 0.355 e. The van der Waals surface area contributed by atoms with Gasteiger partial charge in [0.1, 0.15) is 0 Å². The number of carbonyl (C=O) groups is 1. The third-order valence-corrected chi connectivity index (χ3v) is 3.68. The SMILES string of the molecule is CC(CN)CNC(=O)CSCc1cccc(Cl)c1.Cl. The fourth-order valence-corrected chi connectivity index (χ4v) is 2.33. The van der Waals surface area contributed by atoms with Gasteiger partial charge in [0.05, 0.1) is 5.75 Å². The maximum absolute atomic E-state index is 11.5. The highest BCUT2D eigenvalue weighted by molar-refractivity contribution is 7.99. The van der Waals surface area contributed by atoms with Crippen molar-refractivity contribution in [2.45, 2.75) is 12.7 Å². The Hall–Kier alpha value is -0.420. The van der Waals surface area contributed by atoms with Gasteiger partial charge >= 0.3 is 0 Å². The van der Waals surface area contributed by atoms with Gasteiger partial charge < -0.3 is 11.1 Å². The topological polar surface area (TPSA) is 55.1 Å². The van der Waals surface area contributed by atoms with E-state index >= 15 is 0 Å². The van der Waals surface area contributed by atoms with Crippen LogP contribution in [0.1, 0.15) is 12.5 Å². The lowest BCUT2D eigenvalue weighted by atomic mass is 10.2.